The van der Waals surface area contributed by atoms with E-state index in [4.69, 9.17) is 21.1 Å². The highest BCUT2D eigenvalue weighted by atomic mass is 35.5. The molecule has 0 aromatic heterocycles. The zero-order valence-corrected chi connectivity index (χ0v) is 23.3. The van der Waals surface area contributed by atoms with Crippen LogP contribution < -0.4 is 9.47 Å². The number of benzene rings is 4. The molecule has 6 rings (SSSR count). The van der Waals surface area contributed by atoms with Crippen LogP contribution in [0.2, 0.25) is 5.02 Å². The molecule has 4 aromatic rings. The van der Waals surface area contributed by atoms with E-state index in [2.05, 4.69) is 0 Å². The van der Waals surface area contributed by atoms with E-state index in [1.165, 1.54) is 20.3 Å². The van der Waals surface area contributed by atoms with Crippen LogP contribution in [-0.2, 0) is 0 Å². The van der Waals surface area contributed by atoms with E-state index in [-0.39, 0.29) is 55.7 Å². The maximum absolute atomic E-state index is 14.0. The SMILES string of the molecule is COc1cc(C)cc2c1C(=O)c1c(O)cc(O)cc1[C@@H]2[C@@H]1c2cc(C)cc(OC)c2C(=O)c2c(O)cc(O)c(Cl)c21. The number of halogens is 1. The Kier molecular flexibility index (Phi) is 5.94. The zero-order valence-electron chi connectivity index (χ0n) is 22.5. The molecular formula is C32H25ClO8. The molecule has 41 heavy (non-hydrogen) atoms. The maximum Gasteiger partial charge on any atom is 0.201 e. The van der Waals surface area contributed by atoms with Crippen molar-refractivity contribution in [1.82, 2.24) is 0 Å². The minimum Gasteiger partial charge on any atom is -0.508 e. The van der Waals surface area contributed by atoms with E-state index >= 15 is 0 Å². The summed E-state index contributed by atoms with van der Waals surface area (Å²) in [5.74, 6) is -3.84. The summed E-state index contributed by atoms with van der Waals surface area (Å²) in [5.41, 5.74) is 3.18. The average molecular weight is 573 g/mol. The Balaban J connectivity index is 1.83. The Morgan fingerprint density at radius 2 is 1.10 bits per heavy atom. The molecule has 0 amide bonds. The summed E-state index contributed by atoms with van der Waals surface area (Å²) in [7, 11) is 2.87. The number of hydrogen-bond acceptors (Lipinski definition) is 8. The third-order valence-corrected chi connectivity index (χ3v) is 8.34. The first-order chi connectivity index (χ1) is 19.5. The standard InChI is InChI=1S/C32H25ClO8/c1-12-5-15-23(17-9-14(34)10-18(35)24(17)31(38)25(15)21(7-12)40-3)27-16-6-13(2)8-22(41-4)26(16)32(39)28-19(36)11-20(37)30(33)29(27)28/h5-11,23,27,34-37H,1-4H3/t23-,27+/m1/s1. The monoisotopic (exact) mass is 572 g/mol. The van der Waals surface area contributed by atoms with Crippen LogP contribution in [0.25, 0.3) is 0 Å². The minimum absolute atomic E-state index is 0.0393. The van der Waals surface area contributed by atoms with Crippen molar-refractivity contribution in [1.29, 1.82) is 0 Å². The molecule has 4 aromatic carbocycles. The van der Waals surface area contributed by atoms with Crippen molar-refractivity contribution in [2.24, 2.45) is 0 Å². The number of aryl methyl sites for hydroxylation is 2. The van der Waals surface area contributed by atoms with Gasteiger partial charge >= 0.3 is 0 Å². The van der Waals surface area contributed by atoms with E-state index < -0.39 is 40.7 Å². The number of phenols is 4. The topological polar surface area (TPSA) is 134 Å². The molecule has 0 bridgehead atoms. The second-order valence-electron chi connectivity index (χ2n) is 10.4. The minimum atomic E-state index is -0.893. The van der Waals surface area contributed by atoms with Crippen LogP contribution in [0.3, 0.4) is 0 Å². The van der Waals surface area contributed by atoms with Crippen LogP contribution in [0.15, 0.2) is 42.5 Å². The quantitative estimate of drug-likeness (QED) is 0.240. The van der Waals surface area contributed by atoms with E-state index in [1.807, 2.05) is 19.9 Å². The summed E-state index contributed by atoms with van der Waals surface area (Å²) < 4.78 is 11.2. The van der Waals surface area contributed by atoms with Crippen molar-refractivity contribution in [3.8, 4) is 34.5 Å². The fourth-order valence-electron chi connectivity index (χ4n) is 6.44. The molecule has 208 valence electrons. The first-order valence-electron chi connectivity index (χ1n) is 12.7. The number of fused-ring (bicyclic) bond motifs is 4. The lowest BCUT2D eigenvalue weighted by molar-refractivity contribution is 0.101. The lowest BCUT2D eigenvalue weighted by atomic mass is 9.63. The molecule has 0 saturated carbocycles. The molecule has 0 spiro atoms. The fourth-order valence-corrected chi connectivity index (χ4v) is 6.71. The van der Waals surface area contributed by atoms with E-state index in [0.29, 0.717) is 11.1 Å². The van der Waals surface area contributed by atoms with Crippen molar-refractivity contribution >= 4 is 23.2 Å². The van der Waals surface area contributed by atoms with Crippen molar-refractivity contribution in [2.45, 2.75) is 25.7 Å². The summed E-state index contributed by atoms with van der Waals surface area (Å²) in [6.07, 6.45) is 0. The Labute approximate surface area is 240 Å². The van der Waals surface area contributed by atoms with Gasteiger partial charge in [-0.1, -0.05) is 23.7 Å². The predicted octanol–water partition coefficient (Wildman–Crippen LogP) is 5.85. The number of hydrogen-bond donors (Lipinski definition) is 4. The van der Waals surface area contributed by atoms with Gasteiger partial charge in [0.15, 0.2) is 0 Å². The third-order valence-electron chi connectivity index (χ3n) is 7.94. The van der Waals surface area contributed by atoms with Crippen molar-refractivity contribution in [3.63, 3.8) is 0 Å². The summed E-state index contributed by atoms with van der Waals surface area (Å²) >= 11 is 6.74. The largest absolute Gasteiger partial charge is 0.508 e. The molecule has 8 nitrogen and oxygen atoms in total. The van der Waals surface area contributed by atoms with Gasteiger partial charge in [0.25, 0.3) is 0 Å². The molecule has 2 atom stereocenters. The van der Waals surface area contributed by atoms with Gasteiger partial charge in [0, 0.05) is 24.0 Å². The Morgan fingerprint density at radius 1 is 0.610 bits per heavy atom. The van der Waals surface area contributed by atoms with Gasteiger partial charge in [0.2, 0.25) is 11.6 Å². The molecule has 0 radical (unpaired) electrons. The number of rotatable bonds is 3. The normalized spacial score (nSPS) is 16.9. The van der Waals surface area contributed by atoms with Gasteiger partial charge in [0.05, 0.1) is 41.5 Å². The lowest BCUT2D eigenvalue weighted by Gasteiger charge is -2.39. The third kappa shape index (κ3) is 3.67. The summed E-state index contributed by atoms with van der Waals surface area (Å²) in [6.45, 7) is 3.67. The Morgan fingerprint density at radius 3 is 1.66 bits per heavy atom. The lowest BCUT2D eigenvalue weighted by Crippen LogP contribution is -2.30. The number of phenolic OH excluding ortho intramolecular Hbond substituents is 4. The Bertz CT molecular complexity index is 1840. The van der Waals surface area contributed by atoms with Crippen LogP contribution in [0, 0.1) is 13.8 Å². The summed E-state index contributed by atoms with van der Waals surface area (Å²) in [5, 5.41) is 43.2. The second-order valence-corrected chi connectivity index (χ2v) is 10.8. The van der Waals surface area contributed by atoms with Crippen LogP contribution in [-0.4, -0.2) is 46.2 Å². The highest BCUT2D eigenvalue weighted by Gasteiger charge is 2.47. The summed E-state index contributed by atoms with van der Waals surface area (Å²) in [4.78, 5) is 27.9. The van der Waals surface area contributed by atoms with E-state index in [9.17, 15) is 30.0 Å². The van der Waals surface area contributed by atoms with Gasteiger partial charge in [-0.05, 0) is 65.4 Å². The molecule has 0 unspecified atom stereocenters. The van der Waals surface area contributed by atoms with Gasteiger partial charge in [-0.2, -0.15) is 0 Å². The molecule has 2 aliphatic rings. The van der Waals surface area contributed by atoms with Gasteiger partial charge in [-0.25, -0.2) is 0 Å². The van der Waals surface area contributed by atoms with E-state index in [1.54, 1.807) is 18.2 Å². The number of methoxy groups -OCH3 is 2. The van der Waals surface area contributed by atoms with Crippen molar-refractivity contribution in [3.05, 3.63) is 103 Å². The number of aromatic hydroxyl groups is 4. The highest BCUT2D eigenvalue weighted by molar-refractivity contribution is 6.34. The van der Waals surface area contributed by atoms with Crippen LogP contribution in [0.1, 0.15) is 77.1 Å². The highest BCUT2D eigenvalue weighted by Crippen LogP contribution is 2.58. The number of carbonyl (C=O) groups is 2. The molecule has 9 heteroatoms. The smallest absolute Gasteiger partial charge is 0.201 e. The molecular weight excluding hydrogens is 548 g/mol. The molecule has 0 saturated heterocycles. The van der Waals surface area contributed by atoms with Crippen LogP contribution >= 0.6 is 11.6 Å². The number of ketones is 2. The van der Waals surface area contributed by atoms with E-state index in [0.717, 1.165) is 23.3 Å². The van der Waals surface area contributed by atoms with Gasteiger partial charge in [0.1, 0.15) is 34.5 Å². The van der Waals surface area contributed by atoms with Crippen molar-refractivity contribution < 1.29 is 39.5 Å². The molecule has 4 N–H and O–H groups in total. The zero-order chi connectivity index (χ0) is 29.5. The summed E-state index contributed by atoms with van der Waals surface area (Å²) in [6, 6.07) is 10.5. The molecule has 2 aliphatic carbocycles. The average Bonchev–Trinajstić information content (AvgIpc) is 2.90. The first kappa shape index (κ1) is 26.5. The molecule has 0 heterocycles. The van der Waals surface area contributed by atoms with Gasteiger partial charge in [-0.15, -0.1) is 0 Å². The number of carbonyl (C=O) groups excluding carboxylic acids is 2. The van der Waals surface area contributed by atoms with Crippen molar-refractivity contribution in [2.75, 3.05) is 14.2 Å². The molecule has 0 aliphatic heterocycles. The van der Waals surface area contributed by atoms with Gasteiger partial charge in [-0.3, -0.25) is 9.59 Å². The number of ether oxygens (including phenoxy) is 2. The van der Waals surface area contributed by atoms with Crippen LogP contribution in [0.5, 0.6) is 34.5 Å². The Hall–Kier alpha value is -4.69. The van der Waals surface area contributed by atoms with Gasteiger partial charge < -0.3 is 29.9 Å². The van der Waals surface area contributed by atoms with Crippen LogP contribution in [0.4, 0.5) is 0 Å². The maximum atomic E-state index is 14.0. The second kappa shape index (κ2) is 9.17. The molecule has 0 fully saturated rings. The fraction of sp³-hybridized carbons (Fsp3) is 0.188. The first-order valence-corrected chi connectivity index (χ1v) is 13.1. The predicted molar refractivity (Wildman–Crippen MR) is 151 cm³/mol.